The molecular formula is C41H79NO3. The summed E-state index contributed by atoms with van der Waals surface area (Å²) in [5.41, 5.74) is 0. The van der Waals surface area contributed by atoms with E-state index in [1.165, 1.54) is 167 Å². The minimum absolute atomic E-state index is 0.0653. The third-order valence-electron chi connectivity index (χ3n) is 9.18. The summed E-state index contributed by atoms with van der Waals surface area (Å²) in [7, 11) is 0. The highest BCUT2D eigenvalue weighted by Crippen LogP contribution is 2.14. The van der Waals surface area contributed by atoms with Crippen molar-refractivity contribution in [3.63, 3.8) is 0 Å². The molecule has 0 aliphatic carbocycles. The van der Waals surface area contributed by atoms with E-state index >= 15 is 0 Å². The van der Waals surface area contributed by atoms with Gasteiger partial charge in [0.1, 0.15) is 0 Å². The molecule has 0 spiro atoms. The maximum Gasteiger partial charge on any atom is 0.220 e. The number of carbonyl (C=O) groups is 1. The van der Waals surface area contributed by atoms with Crippen LogP contribution in [-0.4, -0.2) is 34.9 Å². The lowest BCUT2D eigenvalue weighted by molar-refractivity contribution is -0.123. The number of allylic oxidation sites excluding steroid dienone is 3. The summed E-state index contributed by atoms with van der Waals surface area (Å²) in [4.78, 5) is 12.3. The average molecular weight is 634 g/mol. The molecule has 0 aliphatic rings. The molecule has 2 unspecified atom stereocenters. The largest absolute Gasteiger partial charge is 0.394 e. The molecule has 1 amide bonds. The zero-order valence-electron chi connectivity index (χ0n) is 30.4. The van der Waals surface area contributed by atoms with E-state index in [1.54, 1.807) is 6.08 Å². The summed E-state index contributed by atoms with van der Waals surface area (Å²) in [5.74, 6) is -0.0653. The summed E-state index contributed by atoms with van der Waals surface area (Å²) in [6.45, 7) is 4.30. The first-order chi connectivity index (χ1) is 22.2. The second kappa shape index (κ2) is 37.3. The van der Waals surface area contributed by atoms with E-state index in [9.17, 15) is 15.0 Å². The fourth-order valence-electron chi connectivity index (χ4n) is 6.05. The van der Waals surface area contributed by atoms with Gasteiger partial charge in [0.05, 0.1) is 18.8 Å². The van der Waals surface area contributed by atoms with Gasteiger partial charge in [0.2, 0.25) is 5.91 Å². The van der Waals surface area contributed by atoms with Crippen molar-refractivity contribution in [3.8, 4) is 0 Å². The van der Waals surface area contributed by atoms with Crippen molar-refractivity contribution in [1.29, 1.82) is 0 Å². The quantitative estimate of drug-likeness (QED) is 0.0475. The summed E-state index contributed by atoms with van der Waals surface area (Å²) in [6, 6.07) is -0.618. The fraction of sp³-hybridized carbons (Fsp3) is 0.878. The average Bonchev–Trinajstić information content (AvgIpc) is 3.04. The third-order valence-corrected chi connectivity index (χ3v) is 9.18. The van der Waals surface area contributed by atoms with Gasteiger partial charge in [0.15, 0.2) is 0 Å². The Labute approximate surface area is 281 Å². The van der Waals surface area contributed by atoms with Gasteiger partial charge in [-0.3, -0.25) is 4.79 Å². The number of aliphatic hydroxyl groups excluding tert-OH is 2. The Morgan fingerprint density at radius 3 is 1.22 bits per heavy atom. The van der Waals surface area contributed by atoms with Crippen molar-refractivity contribution >= 4 is 5.91 Å². The van der Waals surface area contributed by atoms with Crippen molar-refractivity contribution in [3.05, 3.63) is 24.3 Å². The summed E-state index contributed by atoms with van der Waals surface area (Å²) in [6.07, 6.45) is 47.0. The first-order valence-electron chi connectivity index (χ1n) is 20.1. The van der Waals surface area contributed by atoms with Crippen LogP contribution in [0.3, 0.4) is 0 Å². The smallest absolute Gasteiger partial charge is 0.220 e. The molecular weight excluding hydrogens is 554 g/mol. The molecule has 4 heteroatoms. The van der Waals surface area contributed by atoms with E-state index in [0.29, 0.717) is 6.42 Å². The van der Waals surface area contributed by atoms with Gasteiger partial charge in [-0.25, -0.2) is 0 Å². The minimum atomic E-state index is -0.835. The van der Waals surface area contributed by atoms with Crippen LogP contribution in [0.25, 0.3) is 0 Å². The Bertz CT molecular complexity index is 647. The van der Waals surface area contributed by atoms with E-state index in [4.69, 9.17) is 0 Å². The van der Waals surface area contributed by atoms with Gasteiger partial charge in [0.25, 0.3) is 0 Å². The Hall–Kier alpha value is -1.13. The maximum absolute atomic E-state index is 12.3. The van der Waals surface area contributed by atoms with Crippen LogP contribution in [0.4, 0.5) is 0 Å². The number of hydrogen-bond donors (Lipinski definition) is 3. The number of carbonyl (C=O) groups excluding carboxylic acids is 1. The Balaban J connectivity index is 3.55. The monoisotopic (exact) mass is 634 g/mol. The highest BCUT2D eigenvalue weighted by atomic mass is 16.3. The summed E-state index contributed by atoms with van der Waals surface area (Å²) >= 11 is 0. The molecule has 0 heterocycles. The Morgan fingerprint density at radius 2 is 0.844 bits per heavy atom. The van der Waals surface area contributed by atoms with Crippen molar-refractivity contribution in [2.45, 2.75) is 225 Å². The van der Waals surface area contributed by atoms with Crippen LogP contribution in [0.2, 0.25) is 0 Å². The van der Waals surface area contributed by atoms with Gasteiger partial charge in [-0.2, -0.15) is 0 Å². The van der Waals surface area contributed by atoms with E-state index in [2.05, 4.69) is 31.3 Å². The predicted molar refractivity (Wildman–Crippen MR) is 198 cm³/mol. The lowest BCUT2D eigenvalue weighted by Gasteiger charge is -2.20. The molecule has 3 N–H and O–H groups in total. The van der Waals surface area contributed by atoms with Gasteiger partial charge in [0, 0.05) is 6.42 Å². The molecule has 45 heavy (non-hydrogen) atoms. The molecule has 0 bridgehead atoms. The molecule has 4 nitrogen and oxygen atoms in total. The zero-order valence-corrected chi connectivity index (χ0v) is 30.4. The molecule has 266 valence electrons. The van der Waals surface area contributed by atoms with E-state index in [1.807, 2.05) is 6.08 Å². The van der Waals surface area contributed by atoms with Crippen LogP contribution in [0, 0.1) is 0 Å². The number of unbranched alkanes of at least 4 members (excludes halogenated alkanes) is 27. The standard InChI is InChI=1S/C41H79NO3/c1-3-5-7-9-11-13-15-17-18-19-20-21-22-23-24-25-27-29-31-33-35-37-41(45)42-39(38-43)40(44)36-34-32-30-28-26-16-14-12-10-8-6-4-2/h17-18,34,36,39-40,43-44H,3-16,19-33,35,37-38H2,1-2H3,(H,42,45)/b18-17-,36-34+. The van der Waals surface area contributed by atoms with E-state index in [-0.39, 0.29) is 12.5 Å². The van der Waals surface area contributed by atoms with Crippen LogP contribution in [0.5, 0.6) is 0 Å². The minimum Gasteiger partial charge on any atom is -0.394 e. The molecule has 0 radical (unpaired) electrons. The highest BCUT2D eigenvalue weighted by Gasteiger charge is 2.17. The second-order valence-corrected chi connectivity index (χ2v) is 13.7. The number of nitrogens with one attached hydrogen (secondary N) is 1. The molecule has 2 atom stereocenters. The first kappa shape index (κ1) is 43.9. The summed E-state index contributed by atoms with van der Waals surface area (Å²) in [5, 5.41) is 22.9. The van der Waals surface area contributed by atoms with Crippen molar-refractivity contribution in [2.24, 2.45) is 0 Å². The summed E-state index contributed by atoms with van der Waals surface area (Å²) < 4.78 is 0. The van der Waals surface area contributed by atoms with Crippen LogP contribution in [-0.2, 0) is 4.79 Å². The molecule has 0 aromatic rings. The van der Waals surface area contributed by atoms with Crippen LogP contribution in [0.1, 0.15) is 213 Å². The van der Waals surface area contributed by atoms with Crippen LogP contribution >= 0.6 is 0 Å². The second-order valence-electron chi connectivity index (χ2n) is 13.7. The normalized spacial score (nSPS) is 13.2. The topological polar surface area (TPSA) is 69.6 Å². The fourth-order valence-corrected chi connectivity index (χ4v) is 6.05. The molecule has 0 rings (SSSR count). The molecule has 0 aromatic heterocycles. The molecule has 0 saturated heterocycles. The van der Waals surface area contributed by atoms with Gasteiger partial charge in [-0.05, 0) is 44.9 Å². The Morgan fingerprint density at radius 1 is 0.511 bits per heavy atom. The Kier molecular flexibility index (Phi) is 36.4. The third kappa shape index (κ3) is 34.0. The van der Waals surface area contributed by atoms with Crippen molar-refractivity contribution < 1.29 is 15.0 Å². The number of rotatable bonds is 36. The predicted octanol–water partition coefficient (Wildman–Crippen LogP) is 12.1. The van der Waals surface area contributed by atoms with Crippen molar-refractivity contribution in [1.82, 2.24) is 5.32 Å². The van der Waals surface area contributed by atoms with Gasteiger partial charge in [-0.1, -0.05) is 186 Å². The first-order valence-corrected chi connectivity index (χ1v) is 20.1. The lowest BCUT2D eigenvalue weighted by Crippen LogP contribution is -2.45. The van der Waals surface area contributed by atoms with Crippen LogP contribution < -0.4 is 5.32 Å². The SMILES string of the molecule is CCCCCCCC/C=C\CCCCCCCCCCCCCC(=O)NC(CO)C(O)/C=C/CCCCCCCCCCCC. The van der Waals surface area contributed by atoms with Gasteiger partial charge in [-0.15, -0.1) is 0 Å². The maximum atomic E-state index is 12.3. The number of aliphatic hydroxyl groups is 2. The van der Waals surface area contributed by atoms with Crippen LogP contribution in [0.15, 0.2) is 24.3 Å². The van der Waals surface area contributed by atoms with E-state index in [0.717, 1.165) is 25.7 Å². The van der Waals surface area contributed by atoms with Gasteiger partial charge < -0.3 is 15.5 Å². The zero-order chi connectivity index (χ0) is 32.9. The lowest BCUT2D eigenvalue weighted by atomic mass is 10.0. The molecule has 0 aliphatic heterocycles. The molecule has 0 saturated carbocycles. The number of hydrogen-bond acceptors (Lipinski definition) is 3. The van der Waals surface area contributed by atoms with Gasteiger partial charge >= 0.3 is 0 Å². The molecule has 0 fully saturated rings. The van der Waals surface area contributed by atoms with E-state index < -0.39 is 12.1 Å². The highest BCUT2D eigenvalue weighted by molar-refractivity contribution is 5.76. The molecule has 0 aromatic carbocycles. The van der Waals surface area contributed by atoms with Crippen molar-refractivity contribution in [2.75, 3.05) is 6.61 Å². The number of amides is 1.